The Kier molecular flexibility index (Phi) is 6.65. The van der Waals surface area contributed by atoms with E-state index in [1.54, 1.807) is 32.9 Å². The maximum Gasteiger partial charge on any atom is 0.315 e. The number of carbonyl (C=O) groups is 2. The second kappa shape index (κ2) is 8.24. The van der Waals surface area contributed by atoms with Crippen molar-refractivity contribution in [3.63, 3.8) is 0 Å². The summed E-state index contributed by atoms with van der Waals surface area (Å²) in [6.45, 7) is 5.70. The zero-order chi connectivity index (χ0) is 15.8. The number of halogens is 1. The third kappa shape index (κ3) is 6.74. The van der Waals surface area contributed by atoms with Gasteiger partial charge in [-0.15, -0.1) is 0 Å². The van der Waals surface area contributed by atoms with Crippen molar-refractivity contribution in [2.24, 2.45) is 0 Å². The number of carbonyl (C=O) groups excluding carboxylic acids is 2. The van der Waals surface area contributed by atoms with Gasteiger partial charge in [0.2, 0.25) is 0 Å². The standard InChI is InChI=1S/C15H21FN2O3/c1-10(2)21-14(19)6-7-17-15(20)18-9-12-4-5-13(16)11(3)8-12/h4-5,8,10H,6-7,9H2,1-3H3,(H2,17,18,20). The van der Waals surface area contributed by atoms with Gasteiger partial charge >= 0.3 is 12.0 Å². The van der Waals surface area contributed by atoms with Gasteiger partial charge in [-0.2, -0.15) is 0 Å². The van der Waals surface area contributed by atoms with Crippen molar-refractivity contribution in [3.05, 3.63) is 35.1 Å². The Morgan fingerprint density at radius 1 is 1.29 bits per heavy atom. The average Bonchev–Trinajstić information content (AvgIpc) is 2.39. The summed E-state index contributed by atoms with van der Waals surface area (Å²) in [6, 6.07) is 4.28. The first-order chi connectivity index (χ1) is 9.88. The first-order valence-corrected chi connectivity index (χ1v) is 6.84. The van der Waals surface area contributed by atoms with E-state index in [4.69, 9.17) is 4.74 Å². The summed E-state index contributed by atoms with van der Waals surface area (Å²) >= 11 is 0. The topological polar surface area (TPSA) is 67.4 Å². The van der Waals surface area contributed by atoms with Gasteiger partial charge < -0.3 is 15.4 Å². The Balaban J connectivity index is 2.25. The van der Waals surface area contributed by atoms with E-state index in [-0.39, 0.29) is 36.9 Å². The quantitative estimate of drug-likeness (QED) is 0.791. The molecule has 21 heavy (non-hydrogen) atoms. The van der Waals surface area contributed by atoms with Crippen molar-refractivity contribution in [2.75, 3.05) is 6.54 Å². The Labute approximate surface area is 123 Å². The molecule has 0 saturated carbocycles. The minimum absolute atomic E-state index is 0.126. The highest BCUT2D eigenvalue weighted by Gasteiger charge is 2.07. The van der Waals surface area contributed by atoms with E-state index in [9.17, 15) is 14.0 Å². The SMILES string of the molecule is Cc1cc(CNC(=O)NCCC(=O)OC(C)C)ccc1F. The molecular formula is C15H21FN2O3. The molecule has 0 atom stereocenters. The van der Waals surface area contributed by atoms with Crippen molar-refractivity contribution in [1.82, 2.24) is 10.6 Å². The third-order valence-corrected chi connectivity index (χ3v) is 2.66. The van der Waals surface area contributed by atoms with Gasteiger partial charge in [0.25, 0.3) is 0 Å². The average molecular weight is 296 g/mol. The molecule has 0 unspecified atom stereocenters. The molecule has 0 aliphatic carbocycles. The lowest BCUT2D eigenvalue weighted by molar-refractivity contribution is -0.147. The smallest absolute Gasteiger partial charge is 0.315 e. The van der Waals surface area contributed by atoms with Crippen LogP contribution >= 0.6 is 0 Å². The van der Waals surface area contributed by atoms with Crippen molar-refractivity contribution in [1.29, 1.82) is 0 Å². The largest absolute Gasteiger partial charge is 0.463 e. The van der Waals surface area contributed by atoms with Crippen LogP contribution in [0.15, 0.2) is 18.2 Å². The highest BCUT2D eigenvalue weighted by atomic mass is 19.1. The lowest BCUT2D eigenvalue weighted by Crippen LogP contribution is -2.36. The Bertz CT molecular complexity index is 504. The van der Waals surface area contributed by atoms with Crippen molar-refractivity contribution >= 4 is 12.0 Å². The highest BCUT2D eigenvalue weighted by molar-refractivity contribution is 5.75. The Morgan fingerprint density at radius 3 is 2.62 bits per heavy atom. The monoisotopic (exact) mass is 296 g/mol. The molecule has 0 heterocycles. The molecule has 116 valence electrons. The van der Waals surface area contributed by atoms with Crippen LogP contribution < -0.4 is 10.6 Å². The number of rotatable bonds is 6. The van der Waals surface area contributed by atoms with Gasteiger partial charge in [0.15, 0.2) is 0 Å². The number of amides is 2. The summed E-state index contributed by atoms with van der Waals surface area (Å²) in [5.74, 6) is -0.619. The molecule has 0 aliphatic rings. The van der Waals surface area contributed by atoms with Crippen LogP contribution in [0.3, 0.4) is 0 Å². The summed E-state index contributed by atoms with van der Waals surface area (Å²) in [6.07, 6.45) is -0.0330. The number of esters is 1. The van der Waals surface area contributed by atoms with Crippen molar-refractivity contribution < 1.29 is 18.7 Å². The molecule has 1 aromatic carbocycles. The number of ether oxygens (including phenoxy) is 1. The second-order valence-electron chi connectivity index (χ2n) is 4.98. The molecule has 6 heteroatoms. The van der Waals surface area contributed by atoms with E-state index in [0.717, 1.165) is 5.56 Å². The third-order valence-electron chi connectivity index (χ3n) is 2.66. The minimum atomic E-state index is -0.380. The molecule has 0 fully saturated rings. The molecule has 2 N–H and O–H groups in total. The first kappa shape index (κ1) is 16.9. The van der Waals surface area contributed by atoms with Gasteiger partial charge in [0.1, 0.15) is 5.82 Å². The summed E-state index contributed by atoms with van der Waals surface area (Å²) in [7, 11) is 0. The van der Waals surface area contributed by atoms with E-state index in [2.05, 4.69) is 10.6 Å². The lowest BCUT2D eigenvalue weighted by atomic mass is 10.1. The van der Waals surface area contributed by atoms with Crippen LogP contribution in [0.25, 0.3) is 0 Å². The molecule has 0 spiro atoms. The van der Waals surface area contributed by atoms with Crippen molar-refractivity contribution in [2.45, 2.75) is 39.8 Å². The molecule has 2 amide bonds. The van der Waals surface area contributed by atoms with Crippen LogP contribution in [0.5, 0.6) is 0 Å². The molecular weight excluding hydrogens is 275 g/mol. The normalized spacial score (nSPS) is 10.3. The molecule has 1 aromatic rings. The molecule has 0 aromatic heterocycles. The van der Waals surface area contributed by atoms with Gasteiger partial charge in [0, 0.05) is 13.1 Å². The molecule has 1 rings (SSSR count). The van der Waals surface area contributed by atoms with E-state index >= 15 is 0 Å². The van der Waals surface area contributed by atoms with Crippen LogP contribution in [-0.4, -0.2) is 24.6 Å². The van der Waals surface area contributed by atoms with Crippen LogP contribution in [0.1, 0.15) is 31.4 Å². The van der Waals surface area contributed by atoms with Crippen molar-refractivity contribution in [3.8, 4) is 0 Å². The van der Waals surface area contributed by atoms with E-state index in [0.29, 0.717) is 12.1 Å². The summed E-state index contributed by atoms with van der Waals surface area (Å²) < 4.78 is 18.0. The fraction of sp³-hybridized carbons (Fsp3) is 0.467. The van der Waals surface area contributed by atoms with E-state index in [1.807, 2.05) is 0 Å². The zero-order valence-electron chi connectivity index (χ0n) is 12.5. The maximum absolute atomic E-state index is 13.1. The molecule has 0 bridgehead atoms. The van der Waals surface area contributed by atoms with E-state index in [1.165, 1.54) is 6.07 Å². The second-order valence-corrected chi connectivity index (χ2v) is 4.98. The van der Waals surface area contributed by atoms with Gasteiger partial charge in [-0.25, -0.2) is 9.18 Å². The number of urea groups is 1. The fourth-order valence-corrected chi connectivity index (χ4v) is 1.66. The molecule has 0 saturated heterocycles. The highest BCUT2D eigenvalue weighted by Crippen LogP contribution is 2.08. The number of hydrogen-bond donors (Lipinski definition) is 2. The minimum Gasteiger partial charge on any atom is -0.463 e. The Morgan fingerprint density at radius 2 is 2.00 bits per heavy atom. The van der Waals surface area contributed by atoms with Crippen LogP contribution in [0, 0.1) is 12.7 Å². The maximum atomic E-state index is 13.1. The number of benzene rings is 1. The van der Waals surface area contributed by atoms with Crippen LogP contribution in [0.2, 0.25) is 0 Å². The summed E-state index contributed by atoms with van der Waals surface area (Å²) in [5, 5.41) is 5.19. The van der Waals surface area contributed by atoms with Crippen LogP contribution in [-0.2, 0) is 16.1 Å². The van der Waals surface area contributed by atoms with Gasteiger partial charge in [-0.05, 0) is 38.0 Å². The zero-order valence-corrected chi connectivity index (χ0v) is 12.5. The fourth-order valence-electron chi connectivity index (χ4n) is 1.66. The van der Waals surface area contributed by atoms with E-state index < -0.39 is 0 Å². The molecule has 0 radical (unpaired) electrons. The number of hydrogen-bond acceptors (Lipinski definition) is 3. The molecule has 0 aliphatic heterocycles. The predicted molar refractivity (Wildman–Crippen MR) is 77.2 cm³/mol. The lowest BCUT2D eigenvalue weighted by Gasteiger charge is -2.10. The van der Waals surface area contributed by atoms with Gasteiger partial charge in [-0.1, -0.05) is 12.1 Å². The van der Waals surface area contributed by atoms with Gasteiger partial charge in [0.05, 0.1) is 12.5 Å². The summed E-state index contributed by atoms with van der Waals surface area (Å²) in [4.78, 5) is 22.8. The van der Waals surface area contributed by atoms with Gasteiger partial charge in [-0.3, -0.25) is 4.79 Å². The number of nitrogens with one attached hydrogen (secondary N) is 2. The number of aryl methyl sites for hydroxylation is 1. The predicted octanol–water partition coefficient (Wildman–Crippen LogP) is 2.28. The summed E-state index contributed by atoms with van der Waals surface area (Å²) in [5.41, 5.74) is 1.34. The molecule has 5 nitrogen and oxygen atoms in total. The Hall–Kier alpha value is -2.11. The first-order valence-electron chi connectivity index (χ1n) is 6.84. The van der Waals surface area contributed by atoms with Crippen LogP contribution in [0.4, 0.5) is 9.18 Å².